The topological polar surface area (TPSA) is 228 Å². The fraction of sp³-hybridized carbons (Fsp3) is 0.930. The zero-order valence-corrected chi connectivity index (χ0v) is 35.1. The van der Waals surface area contributed by atoms with Crippen molar-refractivity contribution in [3.63, 3.8) is 0 Å². The van der Waals surface area contributed by atoms with Gasteiger partial charge in [0.2, 0.25) is 5.91 Å². The summed E-state index contributed by atoms with van der Waals surface area (Å²) in [4.78, 5) is 13.0. The van der Waals surface area contributed by atoms with E-state index in [9.17, 15) is 45.6 Å². The summed E-state index contributed by atoms with van der Waals surface area (Å²) in [5, 5.41) is 86.3. The minimum Gasteiger partial charge on any atom is -0.394 e. The SMILES string of the molecule is CCCCCCCCCCCCCC/C=C/[C@@H](O)[C@H](CO[C@@H]1O[C@H](CO)[C@@H](O[C@@H]2O[C@H](CO)[C@H](O)C(O)C2O)C(O)C1O)NC(=O)CCCCCCCCCCC. The van der Waals surface area contributed by atoms with Crippen LogP contribution in [0.5, 0.6) is 0 Å². The number of ether oxygens (including phenoxy) is 4. The number of allylic oxidation sites excluding steroid dienone is 1. The van der Waals surface area contributed by atoms with E-state index in [1.54, 1.807) is 6.08 Å². The summed E-state index contributed by atoms with van der Waals surface area (Å²) in [6.45, 7) is 2.73. The van der Waals surface area contributed by atoms with E-state index >= 15 is 0 Å². The van der Waals surface area contributed by atoms with Crippen molar-refractivity contribution in [2.75, 3.05) is 19.8 Å². The van der Waals surface area contributed by atoms with Crippen LogP contribution in [0.2, 0.25) is 0 Å². The number of aliphatic hydroxyl groups is 8. The van der Waals surface area contributed by atoms with Gasteiger partial charge in [-0.3, -0.25) is 4.79 Å². The molecule has 4 unspecified atom stereocenters. The molecule has 0 aliphatic carbocycles. The highest BCUT2D eigenvalue weighted by molar-refractivity contribution is 5.76. The van der Waals surface area contributed by atoms with Gasteiger partial charge in [0.1, 0.15) is 48.8 Å². The van der Waals surface area contributed by atoms with Crippen LogP contribution in [0.1, 0.15) is 162 Å². The molecule has 1 amide bonds. The van der Waals surface area contributed by atoms with Gasteiger partial charge < -0.3 is 65.1 Å². The molecule has 0 saturated carbocycles. The molecule has 0 bridgehead atoms. The van der Waals surface area contributed by atoms with Gasteiger partial charge in [0.15, 0.2) is 12.6 Å². The maximum atomic E-state index is 13.0. The van der Waals surface area contributed by atoms with Gasteiger partial charge in [0.25, 0.3) is 0 Å². The second kappa shape index (κ2) is 31.6. The first-order valence-electron chi connectivity index (χ1n) is 22.4. The van der Waals surface area contributed by atoms with E-state index in [0.717, 1.165) is 38.5 Å². The van der Waals surface area contributed by atoms with Crippen molar-refractivity contribution in [2.24, 2.45) is 0 Å². The third-order valence-electron chi connectivity index (χ3n) is 11.2. The zero-order chi connectivity index (χ0) is 41.8. The Hall–Kier alpha value is -1.27. The largest absolute Gasteiger partial charge is 0.394 e. The second-order valence-electron chi connectivity index (χ2n) is 16.2. The highest BCUT2D eigenvalue weighted by Crippen LogP contribution is 2.30. The van der Waals surface area contributed by atoms with Gasteiger partial charge in [-0.15, -0.1) is 0 Å². The standard InChI is InChI=1S/C43H81NO13/c1-3-5-7-9-11-13-14-15-16-17-19-20-22-24-26-32(47)31(44-35(48)27-25-23-21-18-12-10-8-6-4-2)30-54-42-40(53)38(51)41(34(29-46)56-42)57-43-39(52)37(50)36(49)33(28-45)55-43/h24,26,31-34,36-43,45-47,49-53H,3-23,25,27-30H2,1-2H3,(H,44,48)/b26-24+/t31-,32+,33+,34+,36-,37?,38?,39?,40?,41+,42+,43-/m0/s1. The number of unbranched alkanes of at least 4 members (excludes halogenated alkanes) is 20. The van der Waals surface area contributed by atoms with Gasteiger partial charge in [0.05, 0.1) is 32.0 Å². The van der Waals surface area contributed by atoms with Crippen LogP contribution in [0.3, 0.4) is 0 Å². The number of hydrogen-bond acceptors (Lipinski definition) is 13. The summed E-state index contributed by atoms with van der Waals surface area (Å²) in [7, 11) is 0. The Kier molecular flexibility index (Phi) is 28.7. The molecule has 0 aromatic heterocycles. The van der Waals surface area contributed by atoms with Crippen molar-refractivity contribution in [1.82, 2.24) is 5.32 Å². The first-order chi connectivity index (χ1) is 27.6. The zero-order valence-electron chi connectivity index (χ0n) is 35.1. The smallest absolute Gasteiger partial charge is 0.220 e. The quantitative estimate of drug-likeness (QED) is 0.0337. The van der Waals surface area contributed by atoms with Crippen LogP contribution in [-0.4, -0.2) is 140 Å². The Bertz CT molecular complexity index is 1020. The molecule has 2 heterocycles. The minimum absolute atomic E-state index is 0.244. The number of carbonyl (C=O) groups is 1. The first-order valence-corrected chi connectivity index (χ1v) is 22.4. The van der Waals surface area contributed by atoms with Gasteiger partial charge in [-0.25, -0.2) is 0 Å². The van der Waals surface area contributed by atoms with E-state index in [-0.39, 0.29) is 18.9 Å². The average Bonchev–Trinajstić information content (AvgIpc) is 3.21. The van der Waals surface area contributed by atoms with E-state index in [0.29, 0.717) is 6.42 Å². The number of rotatable bonds is 33. The van der Waals surface area contributed by atoms with E-state index in [2.05, 4.69) is 19.2 Å². The molecule has 2 saturated heterocycles. The molecule has 14 nitrogen and oxygen atoms in total. The van der Waals surface area contributed by atoms with Crippen LogP contribution >= 0.6 is 0 Å². The van der Waals surface area contributed by atoms with E-state index in [4.69, 9.17) is 18.9 Å². The monoisotopic (exact) mass is 820 g/mol. The van der Waals surface area contributed by atoms with Gasteiger partial charge in [0, 0.05) is 6.42 Å². The van der Waals surface area contributed by atoms with Gasteiger partial charge >= 0.3 is 0 Å². The lowest BCUT2D eigenvalue weighted by molar-refractivity contribution is -0.359. The van der Waals surface area contributed by atoms with Crippen molar-refractivity contribution in [2.45, 2.75) is 235 Å². The molecule has 2 fully saturated rings. The summed E-state index contributed by atoms with van der Waals surface area (Å²) >= 11 is 0. The number of aliphatic hydroxyl groups excluding tert-OH is 8. The summed E-state index contributed by atoms with van der Waals surface area (Å²) in [5.74, 6) is -0.244. The molecule has 0 spiro atoms. The molecule has 12 atom stereocenters. The van der Waals surface area contributed by atoms with E-state index in [1.165, 1.54) is 96.3 Å². The molecular formula is C43H81NO13. The van der Waals surface area contributed by atoms with Crippen LogP contribution < -0.4 is 5.32 Å². The van der Waals surface area contributed by atoms with E-state index < -0.39 is 86.8 Å². The minimum atomic E-state index is -1.78. The molecule has 57 heavy (non-hydrogen) atoms. The van der Waals surface area contributed by atoms with Crippen molar-refractivity contribution in [3.8, 4) is 0 Å². The van der Waals surface area contributed by atoms with Gasteiger partial charge in [-0.2, -0.15) is 0 Å². The maximum Gasteiger partial charge on any atom is 0.220 e. The van der Waals surface area contributed by atoms with Crippen molar-refractivity contribution >= 4 is 5.91 Å². The lowest BCUT2D eigenvalue weighted by Crippen LogP contribution is -2.65. The molecule has 2 rings (SSSR count). The van der Waals surface area contributed by atoms with Crippen LogP contribution in [0, 0.1) is 0 Å². The average molecular weight is 820 g/mol. The summed E-state index contributed by atoms with van der Waals surface area (Å²) < 4.78 is 22.6. The summed E-state index contributed by atoms with van der Waals surface area (Å²) in [6, 6.07) is -0.905. The van der Waals surface area contributed by atoms with Crippen molar-refractivity contribution in [1.29, 1.82) is 0 Å². The number of hydrogen-bond donors (Lipinski definition) is 9. The maximum absolute atomic E-state index is 13.0. The van der Waals surface area contributed by atoms with Crippen LogP contribution in [-0.2, 0) is 23.7 Å². The third-order valence-corrected chi connectivity index (χ3v) is 11.2. The molecular weight excluding hydrogens is 738 g/mol. The lowest BCUT2D eigenvalue weighted by atomic mass is 9.97. The Balaban J connectivity index is 1.91. The third kappa shape index (κ3) is 20.2. The predicted octanol–water partition coefficient (Wildman–Crippen LogP) is 4.04. The summed E-state index contributed by atoms with van der Waals surface area (Å²) in [6.07, 6.45) is 12.7. The molecule has 2 aliphatic rings. The first kappa shape index (κ1) is 51.9. The highest BCUT2D eigenvalue weighted by atomic mass is 16.7. The van der Waals surface area contributed by atoms with Gasteiger partial charge in [-0.05, 0) is 19.3 Å². The van der Waals surface area contributed by atoms with Crippen molar-refractivity contribution < 1.29 is 64.6 Å². The van der Waals surface area contributed by atoms with Crippen molar-refractivity contribution in [3.05, 3.63) is 12.2 Å². The number of nitrogens with one attached hydrogen (secondary N) is 1. The molecule has 14 heteroatoms. The number of amides is 1. The van der Waals surface area contributed by atoms with Crippen LogP contribution in [0.4, 0.5) is 0 Å². The van der Waals surface area contributed by atoms with Gasteiger partial charge in [-0.1, -0.05) is 148 Å². The predicted molar refractivity (Wildman–Crippen MR) is 217 cm³/mol. The fourth-order valence-electron chi connectivity index (χ4n) is 7.47. The normalized spacial score (nSPS) is 29.2. The Morgan fingerprint density at radius 3 is 1.61 bits per heavy atom. The van der Waals surface area contributed by atoms with Crippen LogP contribution in [0.25, 0.3) is 0 Å². The molecule has 9 N–H and O–H groups in total. The Morgan fingerprint density at radius 2 is 1.09 bits per heavy atom. The molecule has 0 radical (unpaired) electrons. The van der Waals surface area contributed by atoms with Crippen LogP contribution in [0.15, 0.2) is 12.2 Å². The molecule has 336 valence electrons. The molecule has 2 aliphatic heterocycles. The fourth-order valence-corrected chi connectivity index (χ4v) is 7.47. The summed E-state index contributed by atoms with van der Waals surface area (Å²) in [5.41, 5.74) is 0. The molecule has 0 aromatic carbocycles. The molecule has 0 aromatic rings. The Labute approximate surface area is 342 Å². The number of carbonyl (C=O) groups excluding carboxylic acids is 1. The van der Waals surface area contributed by atoms with E-state index in [1.807, 2.05) is 6.08 Å². The second-order valence-corrected chi connectivity index (χ2v) is 16.2. The lowest BCUT2D eigenvalue weighted by Gasteiger charge is -2.46. The highest BCUT2D eigenvalue weighted by Gasteiger charge is 2.50. The Morgan fingerprint density at radius 1 is 0.614 bits per heavy atom.